The number of phenols is 1. The maximum Gasteiger partial charge on any atom is 0.116 e. The SMILES string of the molecule is NC(Cc1cc2cc(O)ccc2[nH]1)CC1CC1. The van der Waals surface area contributed by atoms with Crippen LogP contribution in [-0.4, -0.2) is 16.1 Å². The molecule has 1 aliphatic rings. The van der Waals surface area contributed by atoms with E-state index in [1.165, 1.54) is 18.5 Å². The van der Waals surface area contributed by atoms with Crippen LogP contribution in [0.3, 0.4) is 0 Å². The number of benzene rings is 1. The van der Waals surface area contributed by atoms with E-state index in [4.69, 9.17) is 5.73 Å². The number of aromatic hydroxyl groups is 1. The van der Waals surface area contributed by atoms with Crippen LogP contribution in [0.1, 0.15) is 25.0 Å². The van der Waals surface area contributed by atoms with Crippen LogP contribution >= 0.6 is 0 Å². The van der Waals surface area contributed by atoms with Gasteiger partial charge in [0.15, 0.2) is 0 Å². The molecule has 4 N–H and O–H groups in total. The minimum Gasteiger partial charge on any atom is -0.508 e. The Morgan fingerprint density at radius 1 is 1.35 bits per heavy atom. The summed E-state index contributed by atoms with van der Waals surface area (Å²) < 4.78 is 0. The molecule has 17 heavy (non-hydrogen) atoms. The first-order valence-corrected chi connectivity index (χ1v) is 6.27. The van der Waals surface area contributed by atoms with Gasteiger partial charge in [-0.05, 0) is 36.6 Å². The molecule has 3 rings (SSSR count). The van der Waals surface area contributed by atoms with Crippen LogP contribution in [0.2, 0.25) is 0 Å². The molecule has 90 valence electrons. The summed E-state index contributed by atoms with van der Waals surface area (Å²) in [5.41, 5.74) is 8.36. The summed E-state index contributed by atoms with van der Waals surface area (Å²) in [6.07, 6.45) is 4.75. The van der Waals surface area contributed by atoms with Crippen molar-refractivity contribution >= 4 is 10.9 Å². The van der Waals surface area contributed by atoms with E-state index in [0.29, 0.717) is 5.75 Å². The lowest BCUT2D eigenvalue weighted by atomic mass is 10.1. The third-order valence-electron chi connectivity index (χ3n) is 3.48. The zero-order chi connectivity index (χ0) is 11.8. The molecule has 1 aliphatic carbocycles. The molecule has 3 heteroatoms. The van der Waals surface area contributed by atoms with Crippen molar-refractivity contribution in [2.75, 3.05) is 0 Å². The number of hydrogen-bond donors (Lipinski definition) is 3. The summed E-state index contributed by atoms with van der Waals surface area (Å²) in [4.78, 5) is 3.36. The number of nitrogens with one attached hydrogen (secondary N) is 1. The second-order valence-corrected chi connectivity index (χ2v) is 5.21. The molecule has 0 radical (unpaired) electrons. The molecule has 1 fully saturated rings. The van der Waals surface area contributed by atoms with Crippen molar-refractivity contribution in [2.24, 2.45) is 11.7 Å². The number of hydrogen-bond acceptors (Lipinski definition) is 2. The number of aromatic nitrogens is 1. The average molecular weight is 230 g/mol. The Kier molecular flexibility index (Phi) is 2.56. The first kappa shape index (κ1) is 10.7. The highest BCUT2D eigenvalue weighted by Crippen LogP contribution is 2.33. The molecule has 0 bridgehead atoms. The summed E-state index contributed by atoms with van der Waals surface area (Å²) in [6.45, 7) is 0. The van der Waals surface area contributed by atoms with Gasteiger partial charge in [-0.25, -0.2) is 0 Å². The minimum absolute atomic E-state index is 0.254. The molecule has 0 aliphatic heterocycles. The summed E-state index contributed by atoms with van der Waals surface area (Å²) in [7, 11) is 0. The highest BCUT2D eigenvalue weighted by molar-refractivity contribution is 5.81. The molecule has 0 saturated heterocycles. The Labute approximate surface area is 101 Å². The van der Waals surface area contributed by atoms with Gasteiger partial charge in [-0.2, -0.15) is 0 Å². The number of nitrogens with two attached hydrogens (primary N) is 1. The Balaban J connectivity index is 1.75. The highest BCUT2D eigenvalue weighted by Gasteiger charge is 2.24. The highest BCUT2D eigenvalue weighted by atomic mass is 16.3. The van der Waals surface area contributed by atoms with Gasteiger partial charge in [0.2, 0.25) is 0 Å². The zero-order valence-electron chi connectivity index (χ0n) is 9.82. The minimum atomic E-state index is 0.254. The largest absolute Gasteiger partial charge is 0.508 e. The van der Waals surface area contributed by atoms with Crippen molar-refractivity contribution in [1.82, 2.24) is 4.98 Å². The molecule has 1 atom stereocenters. The van der Waals surface area contributed by atoms with Crippen molar-refractivity contribution in [3.05, 3.63) is 30.0 Å². The van der Waals surface area contributed by atoms with E-state index in [-0.39, 0.29) is 6.04 Å². The molecule has 0 amide bonds. The molecule has 1 heterocycles. The van der Waals surface area contributed by atoms with Gasteiger partial charge < -0.3 is 15.8 Å². The quantitative estimate of drug-likeness (QED) is 0.755. The molecule has 1 saturated carbocycles. The topological polar surface area (TPSA) is 62.0 Å². The summed E-state index contributed by atoms with van der Waals surface area (Å²) >= 11 is 0. The standard InChI is InChI=1S/C14H18N2O/c15-11(5-9-1-2-9)8-12-6-10-7-13(17)3-4-14(10)16-12/h3-4,6-7,9,11,16-17H,1-2,5,8,15H2. The maximum absolute atomic E-state index is 9.41. The van der Waals surface area contributed by atoms with Crippen LogP contribution in [0.15, 0.2) is 24.3 Å². The van der Waals surface area contributed by atoms with Crippen LogP contribution in [0.25, 0.3) is 10.9 Å². The fraction of sp³-hybridized carbons (Fsp3) is 0.429. The number of rotatable bonds is 4. The van der Waals surface area contributed by atoms with Crippen molar-refractivity contribution in [3.63, 3.8) is 0 Å². The Morgan fingerprint density at radius 2 is 2.18 bits per heavy atom. The third-order valence-corrected chi connectivity index (χ3v) is 3.48. The first-order chi connectivity index (χ1) is 8.20. The molecule has 1 aromatic heterocycles. The number of aromatic amines is 1. The lowest BCUT2D eigenvalue weighted by Crippen LogP contribution is -2.23. The molecular weight excluding hydrogens is 212 g/mol. The van der Waals surface area contributed by atoms with Crippen LogP contribution in [0, 0.1) is 5.92 Å². The summed E-state index contributed by atoms with van der Waals surface area (Å²) in [6, 6.07) is 7.72. The van der Waals surface area contributed by atoms with Gasteiger partial charge in [0.1, 0.15) is 5.75 Å². The van der Waals surface area contributed by atoms with Crippen LogP contribution in [0.5, 0.6) is 5.75 Å². The van der Waals surface area contributed by atoms with E-state index in [9.17, 15) is 5.11 Å². The average Bonchev–Trinajstić information content (AvgIpc) is 2.97. The molecule has 2 aromatic rings. The second kappa shape index (κ2) is 4.08. The fourth-order valence-electron chi connectivity index (χ4n) is 2.44. The number of phenolic OH excluding ortho intramolecular Hbond substituents is 1. The lowest BCUT2D eigenvalue weighted by molar-refractivity contribution is 0.476. The van der Waals surface area contributed by atoms with Gasteiger partial charge in [-0.3, -0.25) is 0 Å². The van der Waals surface area contributed by atoms with Gasteiger partial charge >= 0.3 is 0 Å². The fourth-order valence-corrected chi connectivity index (χ4v) is 2.44. The van der Waals surface area contributed by atoms with E-state index < -0.39 is 0 Å². The lowest BCUT2D eigenvalue weighted by Gasteiger charge is -2.08. The normalized spacial score (nSPS) is 17.5. The van der Waals surface area contributed by atoms with Gasteiger partial charge in [0.25, 0.3) is 0 Å². The Bertz CT molecular complexity index is 528. The Hall–Kier alpha value is -1.48. The van der Waals surface area contributed by atoms with Crippen LogP contribution in [-0.2, 0) is 6.42 Å². The van der Waals surface area contributed by atoms with Gasteiger partial charge in [0, 0.05) is 29.1 Å². The van der Waals surface area contributed by atoms with Crippen LogP contribution < -0.4 is 5.73 Å². The number of fused-ring (bicyclic) bond motifs is 1. The summed E-state index contributed by atoms with van der Waals surface area (Å²) in [5, 5.41) is 10.5. The van der Waals surface area contributed by atoms with E-state index in [1.807, 2.05) is 6.07 Å². The van der Waals surface area contributed by atoms with Crippen LogP contribution in [0.4, 0.5) is 0 Å². The van der Waals surface area contributed by atoms with Crippen molar-refractivity contribution < 1.29 is 5.11 Å². The summed E-state index contributed by atoms with van der Waals surface area (Å²) in [5.74, 6) is 1.18. The smallest absolute Gasteiger partial charge is 0.116 e. The van der Waals surface area contributed by atoms with Gasteiger partial charge in [-0.1, -0.05) is 12.8 Å². The van der Waals surface area contributed by atoms with Gasteiger partial charge in [-0.15, -0.1) is 0 Å². The van der Waals surface area contributed by atoms with E-state index >= 15 is 0 Å². The Morgan fingerprint density at radius 3 is 2.94 bits per heavy atom. The third kappa shape index (κ3) is 2.44. The van der Waals surface area contributed by atoms with E-state index in [1.54, 1.807) is 12.1 Å². The molecule has 1 aromatic carbocycles. The van der Waals surface area contributed by atoms with Gasteiger partial charge in [0.05, 0.1) is 0 Å². The number of H-pyrrole nitrogens is 1. The first-order valence-electron chi connectivity index (χ1n) is 6.27. The van der Waals surface area contributed by atoms with Crippen molar-refractivity contribution in [3.8, 4) is 5.75 Å². The predicted octanol–water partition coefficient (Wildman–Crippen LogP) is 2.54. The second-order valence-electron chi connectivity index (χ2n) is 5.21. The van der Waals surface area contributed by atoms with Crippen molar-refractivity contribution in [2.45, 2.75) is 31.7 Å². The monoisotopic (exact) mass is 230 g/mol. The molecule has 3 nitrogen and oxygen atoms in total. The zero-order valence-corrected chi connectivity index (χ0v) is 9.82. The predicted molar refractivity (Wildman–Crippen MR) is 69.0 cm³/mol. The molecule has 1 unspecified atom stereocenters. The van der Waals surface area contributed by atoms with E-state index in [0.717, 1.165) is 29.7 Å². The molecular formula is C14H18N2O. The maximum atomic E-state index is 9.41. The van der Waals surface area contributed by atoms with Crippen molar-refractivity contribution in [1.29, 1.82) is 0 Å². The van der Waals surface area contributed by atoms with E-state index in [2.05, 4.69) is 11.1 Å². The molecule has 0 spiro atoms.